The summed E-state index contributed by atoms with van der Waals surface area (Å²) in [7, 11) is 3.91. The van der Waals surface area contributed by atoms with Gasteiger partial charge in [-0.15, -0.1) is 0 Å². The summed E-state index contributed by atoms with van der Waals surface area (Å²) in [5.74, 6) is -0.186. The standard InChI is InChI=1S/C19H24N2O2/c1-4-14-5-7-15(8-6-14)18(13-22)20-19(23)16-9-11-17(12-10-16)21(2)3/h5-12,18,22H,4,13H2,1-3H3,(H,20,23). The molecule has 1 atom stereocenters. The number of anilines is 1. The molecule has 0 radical (unpaired) electrons. The molecular formula is C19H24N2O2. The van der Waals surface area contributed by atoms with Crippen molar-refractivity contribution in [2.75, 3.05) is 25.6 Å². The van der Waals surface area contributed by atoms with Gasteiger partial charge >= 0.3 is 0 Å². The van der Waals surface area contributed by atoms with Crippen LogP contribution < -0.4 is 10.2 Å². The molecule has 4 nitrogen and oxygen atoms in total. The summed E-state index contributed by atoms with van der Waals surface area (Å²) in [6, 6.07) is 14.9. The van der Waals surface area contributed by atoms with Gasteiger partial charge in [-0.3, -0.25) is 4.79 Å². The number of nitrogens with one attached hydrogen (secondary N) is 1. The van der Waals surface area contributed by atoms with Gasteiger partial charge in [0.1, 0.15) is 0 Å². The summed E-state index contributed by atoms with van der Waals surface area (Å²) in [5, 5.41) is 12.5. The molecule has 0 aliphatic heterocycles. The maximum absolute atomic E-state index is 12.4. The lowest BCUT2D eigenvalue weighted by Crippen LogP contribution is -2.30. The number of carbonyl (C=O) groups is 1. The fourth-order valence-corrected chi connectivity index (χ4v) is 2.37. The van der Waals surface area contributed by atoms with Crippen molar-refractivity contribution in [3.8, 4) is 0 Å². The maximum Gasteiger partial charge on any atom is 0.251 e. The third-order valence-corrected chi connectivity index (χ3v) is 3.92. The van der Waals surface area contributed by atoms with Gasteiger partial charge in [-0.05, 0) is 41.8 Å². The minimum Gasteiger partial charge on any atom is -0.394 e. The summed E-state index contributed by atoms with van der Waals surface area (Å²) in [4.78, 5) is 14.3. The second kappa shape index (κ2) is 7.79. The Kier molecular flexibility index (Phi) is 5.77. The monoisotopic (exact) mass is 312 g/mol. The van der Waals surface area contributed by atoms with E-state index in [1.807, 2.05) is 55.4 Å². The van der Waals surface area contributed by atoms with Crippen LogP contribution in [0.15, 0.2) is 48.5 Å². The van der Waals surface area contributed by atoms with E-state index in [0.29, 0.717) is 5.56 Å². The normalized spacial score (nSPS) is 11.8. The minimum atomic E-state index is -0.401. The van der Waals surface area contributed by atoms with Crippen LogP contribution in [0.1, 0.15) is 34.5 Å². The molecular weight excluding hydrogens is 288 g/mol. The number of aliphatic hydroxyl groups is 1. The van der Waals surface area contributed by atoms with Crippen LogP contribution in [0.2, 0.25) is 0 Å². The van der Waals surface area contributed by atoms with E-state index in [4.69, 9.17) is 0 Å². The van der Waals surface area contributed by atoms with Crippen LogP contribution in [-0.4, -0.2) is 31.7 Å². The Bertz CT molecular complexity index is 633. The molecule has 4 heteroatoms. The Morgan fingerprint density at radius 2 is 1.70 bits per heavy atom. The topological polar surface area (TPSA) is 52.6 Å². The smallest absolute Gasteiger partial charge is 0.251 e. The number of benzene rings is 2. The van der Waals surface area contributed by atoms with Crippen LogP contribution in [0.4, 0.5) is 5.69 Å². The minimum absolute atomic E-state index is 0.132. The molecule has 1 unspecified atom stereocenters. The Hall–Kier alpha value is -2.33. The van der Waals surface area contributed by atoms with E-state index in [2.05, 4.69) is 12.2 Å². The lowest BCUT2D eigenvalue weighted by molar-refractivity contribution is 0.0916. The highest BCUT2D eigenvalue weighted by atomic mass is 16.3. The predicted octanol–water partition coefficient (Wildman–Crippen LogP) is 2.78. The van der Waals surface area contributed by atoms with E-state index in [1.165, 1.54) is 5.56 Å². The lowest BCUT2D eigenvalue weighted by atomic mass is 10.0. The van der Waals surface area contributed by atoms with Crippen molar-refractivity contribution in [3.63, 3.8) is 0 Å². The molecule has 0 spiro atoms. The van der Waals surface area contributed by atoms with Crippen molar-refractivity contribution in [2.45, 2.75) is 19.4 Å². The lowest BCUT2D eigenvalue weighted by Gasteiger charge is -2.18. The number of nitrogens with zero attached hydrogens (tertiary/aromatic N) is 1. The number of aryl methyl sites for hydroxylation is 1. The first kappa shape index (κ1) is 17.0. The molecule has 0 aliphatic rings. The second-order valence-electron chi connectivity index (χ2n) is 5.75. The van der Waals surface area contributed by atoms with E-state index in [9.17, 15) is 9.90 Å². The van der Waals surface area contributed by atoms with Crippen molar-refractivity contribution in [1.82, 2.24) is 5.32 Å². The van der Waals surface area contributed by atoms with Crippen LogP contribution in [-0.2, 0) is 6.42 Å². The van der Waals surface area contributed by atoms with Crippen molar-refractivity contribution in [3.05, 3.63) is 65.2 Å². The van der Waals surface area contributed by atoms with Gasteiger partial charge in [0.15, 0.2) is 0 Å². The van der Waals surface area contributed by atoms with Crippen molar-refractivity contribution < 1.29 is 9.90 Å². The van der Waals surface area contributed by atoms with Crippen molar-refractivity contribution in [2.24, 2.45) is 0 Å². The van der Waals surface area contributed by atoms with Crippen LogP contribution >= 0.6 is 0 Å². The molecule has 2 N–H and O–H groups in total. The summed E-state index contributed by atoms with van der Waals surface area (Å²) in [6.07, 6.45) is 0.967. The summed E-state index contributed by atoms with van der Waals surface area (Å²) < 4.78 is 0. The third kappa shape index (κ3) is 4.33. The van der Waals surface area contributed by atoms with Crippen LogP contribution in [0.25, 0.3) is 0 Å². The van der Waals surface area contributed by atoms with Crippen molar-refractivity contribution in [1.29, 1.82) is 0 Å². The summed E-state index contributed by atoms with van der Waals surface area (Å²) in [5.41, 5.74) is 3.76. The molecule has 1 amide bonds. The molecule has 0 fully saturated rings. The molecule has 0 saturated carbocycles. The second-order valence-corrected chi connectivity index (χ2v) is 5.75. The first-order chi connectivity index (χ1) is 11.0. The van der Waals surface area contributed by atoms with E-state index in [1.54, 1.807) is 12.1 Å². The quantitative estimate of drug-likeness (QED) is 0.862. The average molecular weight is 312 g/mol. The van der Waals surface area contributed by atoms with Gasteiger partial charge in [0.2, 0.25) is 0 Å². The van der Waals surface area contributed by atoms with E-state index >= 15 is 0 Å². The zero-order chi connectivity index (χ0) is 16.8. The molecule has 0 saturated heterocycles. The third-order valence-electron chi connectivity index (χ3n) is 3.92. The summed E-state index contributed by atoms with van der Waals surface area (Å²) >= 11 is 0. The number of carbonyl (C=O) groups excluding carboxylic acids is 1. The van der Waals surface area contributed by atoms with Crippen molar-refractivity contribution >= 4 is 11.6 Å². The van der Waals surface area contributed by atoms with Gasteiger partial charge in [0.25, 0.3) is 5.91 Å². The molecule has 0 aliphatic carbocycles. The fourth-order valence-electron chi connectivity index (χ4n) is 2.37. The SMILES string of the molecule is CCc1ccc(C(CO)NC(=O)c2ccc(N(C)C)cc2)cc1. The number of amides is 1. The van der Waals surface area contributed by atoms with Gasteiger partial charge in [-0.2, -0.15) is 0 Å². The van der Waals surface area contributed by atoms with Gasteiger partial charge < -0.3 is 15.3 Å². The zero-order valence-electron chi connectivity index (χ0n) is 13.9. The molecule has 0 heterocycles. The van der Waals surface area contributed by atoms with E-state index in [-0.39, 0.29) is 12.5 Å². The predicted molar refractivity (Wildman–Crippen MR) is 93.9 cm³/mol. The molecule has 0 bridgehead atoms. The first-order valence-electron chi connectivity index (χ1n) is 7.83. The number of hydrogen-bond donors (Lipinski definition) is 2. The van der Waals surface area contributed by atoms with Gasteiger partial charge in [0.05, 0.1) is 12.6 Å². The molecule has 2 aromatic rings. The van der Waals surface area contributed by atoms with Gasteiger partial charge in [0, 0.05) is 25.3 Å². The molecule has 2 rings (SSSR count). The largest absolute Gasteiger partial charge is 0.394 e. The van der Waals surface area contributed by atoms with Gasteiger partial charge in [-0.25, -0.2) is 0 Å². The maximum atomic E-state index is 12.4. The molecule has 2 aromatic carbocycles. The molecule has 0 aromatic heterocycles. The summed E-state index contributed by atoms with van der Waals surface area (Å²) in [6.45, 7) is 1.96. The number of aliphatic hydroxyl groups excluding tert-OH is 1. The van der Waals surface area contributed by atoms with Gasteiger partial charge in [-0.1, -0.05) is 31.2 Å². The first-order valence-corrected chi connectivity index (χ1v) is 7.83. The number of hydrogen-bond acceptors (Lipinski definition) is 3. The zero-order valence-corrected chi connectivity index (χ0v) is 13.9. The Morgan fingerprint density at radius 3 is 2.17 bits per heavy atom. The number of rotatable bonds is 6. The Labute approximate surface area is 137 Å². The van der Waals surface area contributed by atoms with Crippen LogP contribution in [0.5, 0.6) is 0 Å². The molecule has 122 valence electrons. The van der Waals surface area contributed by atoms with Crippen LogP contribution in [0.3, 0.4) is 0 Å². The Balaban J connectivity index is 2.09. The fraction of sp³-hybridized carbons (Fsp3) is 0.316. The Morgan fingerprint density at radius 1 is 1.09 bits per heavy atom. The van der Waals surface area contributed by atoms with Crippen LogP contribution in [0, 0.1) is 0 Å². The van der Waals surface area contributed by atoms with E-state index < -0.39 is 6.04 Å². The molecule has 23 heavy (non-hydrogen) atoms. The highest BCUT2D eigenvalue weighted by Gasteiger charge is 2.15. The van der Waals surface area contributed by atoms with E-state index in [0.717, 1.165) is 17.7 Å². The highest BCUT2D eigenvalue weighted by molar-refractivity contribution is 5.94. The average Bonchev–Trinajstić information content (AvgIpc) is 2.59. The highest BCUT2D eigenvalue weighted by Crippen LogP contribution is 2.16.